The zero-order valence-electron chi connectivity index (χ0n) is 10.9. The summed E-state index contributed by atoms with van der Waals surface area (Å²) < 4.78 is 17.5. The second-order valence-electron chi connectivity index (χ2n) is 4.47. The van der Waals surface area contributed by atoms with Crippen LogP contribution in [0.15, 0.2) is 12.1 Å². The molecule has 1 aromatic carbocycles. The van der Waals surface area contributed by atoms with Gasteiger partial charge in [0.15, 0.2) is 0 Å². The van der Waals surface area contributed by atoms with Crippen LogP contribution in [0, 0.1) is 13.8 Å². The Balaban J connectivity index is 2.85. The molecule has 0 aliphatic carbocycles. The van der Waals surface area contributed by atoms with Crippen molar-refractivity contribution in [3.8, 4) is 5.75 Å². The van der Waals surface area contributed by atoms with Crippen LogP contribution in [0.3, 0.4) is 0 Å². The number of nitrogens with two attached hydrogens (primary N) is 1. The number of benzene rings is 1. The average Bonchev–Trinajstić information content (AvgIpc) is 2.28. The van der Waals surface area contributed by atoms with Crippen LogP contribution >= 0.6 is 0 Å². The van der Waals surface area contributed by atoms with Crippen molar-refractivity contribution in [2.75, 3.05) is 13.3 Å². The highest BCUT2D eigenvalue weighted by Crippen LogP contribution is 2.25. The molecule has 3 heteroatoms. The number of hydrogen-bond acceptors (Lipinski definition) is 2. The molecule has 0 amide bonds. The van der Waals surface area contributed by atoms with Crippen molar-refractivity contribution in [1.82, 2.24) is 0 Å². The van der Waals surface area contributed by atoms with Crippen LogP contribution in [0.25, 0.3) is 0 Å². The molecule has 1 rings (SSSR count). The van der Waals surface area contributed by atoms with Crippen molar-refractivity contribution < 1.29 is 9.13 Å². The molecule has 0 spiro atoms. The molecule has 0 saturated heterocycles. The van der Waals surface area contributed by atoms with Crippen molar-refractivity contribution in [2.45, 2.75) is 39.7 Å². The number of ether oxygens (including phenoxy) is 1. The van der Waals surface area contributed by atoms with Crippen LogP contribution in [0.2, 0.25) is 0 Å². The van der Waals surface area contributed by atoms with Gasteiger partial charge in [-0.1, -0.05) is 19.1 Å². The number of hydrogen-bond donors (Lipinski definition) is 1. The summed E-state index contributed by atoms with van der Waals surface area (Å²) in [5, 5.41) is 0. The highest BCUT2D eigenvalue weighted by Gasteiger charge is 2.08. The van der Waals surface area contributed by atoms with Gasteiger partial charge in [-0.25, -0.2) is 4.39 Å². The Hall–Kier alpha value is -1.09. The molecular weight excluding hydrogens is 217 g/mol. The Morgan fingerprint density at radius 2 is 1.88 bits per heavy atom. The SMILES string of the molecule is CCC(N)Cc1cc(C)c(OCCF)c(C)c1. The molecule has 1 atom stereocenters. The van der Waals surface area contributed by atoms with Crippen molar-refractivity contribution in [2.24, 2.45) is 5.73 Å². The summed E-state index contributed by atoms with van der Waals surface area (Å²) in [6.45, 7) is 5.73. The predicted molar refractivity (Wildman–Crippen MR) is 69.4 cm³/mol. The predicted octanol–water partition coefficient (Wildman–Crippen LogP) is 2.93. The van der Waals surface area contributed by atoms with Crippen molar-refractivity contribution in [3.63, 3.8) is 0 Å². The summed E-state index contributed by atoms with van der Waals surface area (Å²) in [7, 11) is 0. The second kappa shape index (κ2) is 6.60. The summed E-state index contributed by atoms with van der Waals surface area (Å²) >= 11 is 0. The zero-order valence-corrected chi connectivity index (χ0v) is 10.9. The molecule has 17 heavy (non-hydrogen) atoms. The van der Waals surface area contributed by atoms with E-state index in [1.54, 1.807) is 0 Å². The van der Waals surface area contributed by atoms with E-state index in [4.69, 9.17) is 10.5 Å². The summed E-state index contributed by atoms with van der Waals surface area (Å²) in [5.74, 6) is 0.802. The largest absolute Gasteiger partial charge is 0.490 e. The maximum absolute atomic E-state index is 12.1. The first-order valence-electron chi connectivity index (χ1n) is 6.13. The van der Waals surface area contributed by atoms with Gasteiger partial charge in [-0.05, 0) is 43.4 Å². The van der Waals surface area contributed by atoms with Crippen LogP contribution in [0.5, 0.6) is 5.75 Å². The fraction of sp³-hybridized carbons (Fsp3) is 0.571. The summed E-state index contributed by atoms with van der Waals surface area (Å²) in [5.41, 5.74) is 9.27. The van der Waals surface area contributed by atoms with Crippen LogP contribution in [0.4, 0.5) is 4.39 Å². The fourth-order valence-electron chi connectivity index (χ4n) is 1.97. The van der Waals surface area contributed by atoms with Gasteiger partial charge in [0, 0.05) is 6.04 Å². The van der Waals surface area contributed by atoms with Gasteiger partial charge in [-0.2, -0.15) is 0 Å². The van der Waals surface area contributed by atoms with E-state index in [0.717, 1.165) is 29.7 Å². The first-order valence-corrected chi connectivity index (χ1v) is 6.13. The fourth-order valence-corrected chi connectivity index (χ4v) is 1.97. The van der Waals surface area contributed by atoms with Crippen LogP contribution < -0.4 is 10.5 Å². The van der Waals surface area contributed by atoms with E-state index in [0.29, 0.717) is 0 Å². The van der Waals surface area contributed by atoms with E-state index in [-0.39, 0.29) is 12.6 Å². The number of halogens is 1. The lowest BCUT2D eigenvalue weighted by atomic mass is 9.99. The maximum atomic E-state index is 12.1. The van der Waals surface area contributed by atoms with Crippen molar-refractivity contribution in [1.29, 1.82) is 0 Å². The molecule has 96 valence electrons. The first-order chi connectivity index (χ1) is 8.08. The normalized spacial score (nSPS) is 12.5. The van der Waals surface area contributed by atoms with Crippen molar-refractivity contribution >= 4 is 0 Å². The monoisotopic (exact) mass is 239 g/mol. The molecule has 0 radical (unpaired) electrons. The molecule has 2 nitrogen and oxygen atoms in total. The third-order valence-corrected chi connectivity index (χ3v) is 2.87. The van der Waals surface area contributed by atoms with E-state index in [2.05, 4.69) is 19.1 Å². The van der Waals surface area contributed by atoms with Gasteiger partial charge >= 0.3 is 0 Å². The molecule has 0 aromatic heterocycles. The van der Waals surface area contributed by atoms with Gasteiger partial charge in [0.05, 0.1) is 0 Å². The van der Waals surface area contributed by atoms with E-state index in [1.807, 2.05) is 13.8 Å². The number of aryl methyl sites for hydroxylation is 2. The maximum Gasteiger partial charge on any atom is 0.125 e. The third-order valence-electron chi connectivity index (χ3n) is 2.87. The van der Waals surface area contributed by atoms with Gasteiger partial charge in [-0.15, -0.1) is 0 Å². The Kier molecular flexibility index (Phi) is 5.42. The molecule has 0 saturated carbocycles. The highest BCUT2D eigenvalue weighted by molar-refractivity contribution is 5.43. The Morgan fingerprint density at radius 3 is 2.35 bits per heavy atom. The summed E-state index contributed by atoms with van der Waals surface area (Å²) in [6.07, 6.45) is 1.85. The minimum absolute atomic E-state index is 0.121. The smallest absolute Gasteiger partial charge is 0.125 e. The van der Waals surface area contributed by atoms with Gasteiger partial charge < -0.3 is 10.5 Å². The molecule has 2 N–H and O–H groups in total. The molecule has 0 heterocycles. The lowest BCUT2D eigenvalue weighted by molar-refractivity contribution is 0.270. The Bertz CT molecular complexity index is 342. The lowest BCUT2D eigenvalue weighted by Crippen LogP contribution is -2.21. The van der Waals surface area contributed by atoms with Crippen LogP contribution in [-0.4, -0.2) is 19.3 Å². The second-order valence-corrected chi connectivity index (χ2v) is 4.47. The Labute approximate surface area is 103 Å². The molecule has 1 aromatic rings. The van der Waals surface area contributed by atoms with E-state index >= 15 is 0 Å². The lowest BCUT2D eigenvalue weighted by Gasteiger charge is -2.15. The van der Waals surface area contributed by atoms with Gasteiger partial charge in [-0.3, -0.25) is 0 Å². The van der Waals surface area contributed by atoms with Crippen molar-refractivity contribution in [3.05, 3.63) is 28.8 Å². The van der Waals surface area contributed by atoms with E-state index in [9.17, 15) is 4.39 Å². The standard InChI is InChI=1S/C14H22FNO/c1-4-13(16)9-12-7-10(2)14(11(3)8-12)17-6-5-15/h7-8,13H,4-6,9,16H2,1-3H3. The molecule has 0 aliphatic rings. The quantitative estimate of drug-likeness (QED) is 0.828. The molecule has 0 bridgehead atoms. The topological polar surface area (TPSA) is 35.2 Å². The minimum atomic E-state index is -0.457. The average molecular weight is 239 g/mol. The summed E-state index contributed by atoms with van der Waals surface area (Å²) in [6, 6.07) is 4.36. The molecule has 0 fully saturated rings. The van der Waals surface area contributed by atoms with E-state index in [1.165, 1.54) is 5.56 Å². The zero-order chi connectivity index (χ0) is 12.8. The van der Waals surface area contributed by atoms with Gasteiger partial charge in [0.25, 0.3) is 0 Å². The van der Waals surface area contributed by atoms with E-state index < -0.39 is 6.67 Å². The molecular formula is C14H22FNO. The van der Waals surface area contributed by atoms with Gasteiger partial charge in [0.2, 0.25) is 0 Å². The number of rotatable bonds is 6. The minimum Gasteiger partial charge on any atom is -0.490 e. The Morgan fingerprint density at radius 1 is 1.29 bits per heavy atom. The number of alkyl halides is 1. The first kappa shape index (κ1) is 14.0. The van der Waals surface area contributed by atoms with Crippen LogP contribution in [-0.2, 0) is 6.42 Å². The third kappa shape index (κ3) is 4.00. The highest BCUT2D eigenvalue weighted by atomic mass is 19.1. The van der Waals surface area contributed by atoms with Crippen LogP contribution in [0.1, 0.15) is 30.0 Å². The molecule has 1 unspecified atom stereocenters. The van der Waals surface area contributed by atoms with Gasteiger partial charge in [0.1, 0.15) is 19.0 Å². The molecule has 0 aliphatic heterocycles. The summed E-state index contributed by atoms with van der Waals surface area (Å²) in [4.78, 5) is 0.